The Morgan fingerprint density at radius 3 is 2.62 bits per heavy atom. The second-order valence-corrected chi connectivity index (χ2v) is 6.01. The molecule has 1 aromatic heterocycles. The van der Waals surface area contributed by atoms with Crippen LogP contribution in [-0.4, -0.2) is 16.1 Å². The average Bonchev–Trinajstić information content (AvgIpc) is 2.99. The number of aromatic nitrogens is 2. The molecule has 1 N–H and O–H groups in total. The fraction of sp³-hybridized carbons (Fsp3) is 0.375. The van der Waals surface area contributed by atoms with E-state index < -0.39 is 17.6 Å². The molecule has 0 saturated heterocycles. The summed E-state index contributed by atoms with van der Waals surface area (Å²) in [6, 6.07) is 6.74. The monoisotopic (exact) mass is 357 g/mol. The summed E-state index contributed by atoms with van der Waals surface area (Å²) in [6.45, 7) is 0. The molecule has 1 aliphatic carbocycles. The average molecular weight is 358 g/mol. The molecule has 0 unspecified atom stereocenters. The summed E-state index contributed by atoms with van der Waals surface area (Å²) in [7, 11) is 0. The zero-order chi connectivity index (χ0) is 17.2. The molecule has 1 aromatic carbocycles. The molecule has 0 spiro atoms. The van der Waals surface area contributed by atoms with Gasteiger partial charge in [0.05, 0.1) is 0 Å². The quantitative estimate of drug-likeness (QED) is 0.815. The molecule has 2 aromatic rings. The maximum Gasteiger partial charge on any atom is 0.423 e. The van der Waals surface area contributed by atoms with E-state index in [-0.39, 0.29) is 12.1 Å². The Labute approximate surface area is 142 Å². The highest BCUT2D eigenvalue weighted by Gasteiger charge is 2.37. The van der Waals surface area contributed by atoms with Gasteiger partial charge in [-0.15, -0.1) is 0 Å². The van der Waals surface area contributed by atoms with Crippen molar-refractivity contribution >= 4 is 23.2 Å². The highest BCUT2D eigenvalue weighted by Crippen LogP contribution is 2.37. The van der Waals surface area contributed by atoms with Crippen LogP contribution in [-0.2, 0) is 6.18 Å². The van der Waals surface area contributed by atoms with Gasteiger partial charge in [0.1, 0.15) is 11.7 Å². The summed E-state index contributed by atoms with van der Waals surface area (Å²) in [6.07, 6.45) is -0.696. The molecule has 128 valence electrons. The van der Waals surface area contributed by atoms with Gasteiger partial charge in [0.2, 0.25) is 11.8 Å². The topological polar surface area (TPSA) is 47.0 Å². The van der Waals surface area contributed by atoms with Crippen molar-refractivity contribution in [1.29, 1.82) is 0 Å². The van der Waals surface area contributed by atoms with Gasteiger partial charge in [0.15, 0.2) is 0 Å². The second kappa shape index (κ2) is 6.84. The first-order chi connectivity index (χ1) is 11.4. The van der Waals surface area contributed by atoms with E-state index in [1.54, 1.807) is 24.3 Å². The van der Waals surface area contributed by atoms with Crippen LogP contribution in [0.4, 0.5) is 24.8 Å². The summed E-state index contributed by atoms with van der Waals surface area (Å²) in [5, 5.41) is 3.33. The second-order valence-electron chi connectivity index (χ2n) is 5.57. The van der Waals surface area contributed by atoms with Gasteiger partial charge in [-0.3, -0.25) is 0 Å². The van der Waals surface area contributed by atoms with E-state index in [0.717, 1.165) is 31.9 Å². The van der Waals surface area contributed by atoms with E-state index in [4.69, 9.17) is 16.3 Å². The van der Waals surface area contributed by atoms with Gasteiger partial charge < -0.3 is 10.1 Å². The minimum Gasteiger partial charge on any atom is -0.474 e. The van der Waals surface area contributed by atoms with Crippen LogP contribution in [0, 0.1) is 0 Å². The fourth-order valence-electron chi connectivity index (χ4n) is 2.57. The number of rotatable bonds is 4. The number of ether oxygens (including phenoxy) is 1. The van der Waals surface area contributed by atoms with E-state index in [1.165, 1.54) is 0 Å². The predicted molar refractivity (Wildman–Crippen MR) is 84.7 cm³/mol. The van der Waals surface area contributed by atoms with Crippen LogP contribution in [0.1, 0.15) is 31.2 Å². The molecule has 0 radical (unpaired) electrons. The van der Waals surface area contributed by atoms with Crippen LogP contribution in [0.5, 0.6) is 5.88 Å². The number of hydrogen-bond acceptors (Lipinski definition) is 4. The molecule has 8 heteroatoms. The Hall–Kier alpha value is -2.02. The Morgan fingerprint density at radius 2 is 1.96 bits per heavy atom. The van der Waals surface area contributed by atoms with Crippen molar-refractivity contribution in [3.8, 4) is 5.88 Å². The molecule has 1 heterocycles. The highest BCUT2D eigenvalue weighted by atomic mass is 35.5. The fourth-order valence-corrected chi connectivity index (χ4v) is 2.76. The van der Waals surface area contributed by atoms with Gasteiger partial charge in [-0.25, -0.2) is 4.98 Å². The number of benzene rings is 1. The zero-order valence-corrected chi connectivity index (χ0v) is 13.4. The van der Waals surface area contributed by atoms with E-state index in [0.29, 0.717) is 10.7 Å². The van der Waals surface area contributed by atoms with Crippen molar-refractivity contribution in [3.63, 3.8) is 0 Å². The van der Waals surface area contributed by atoms with E-state index in [1.807, 2.05) is 0 Å². The molecule has 1 aliphatic rings. The maximum atomic E-state index is 13.1. The van der Waals surface area contributed by atoms with Crippen molar-refractivity contribution in [2.24, 2.45) is 0 Å². The number of hydrogen-bond donors (Lipinski definition) is 1. The summed E-state index contributed by atoms with van der Waals surface area (Å²) < 4.78 is 44.9. The molecule has 0 amide bonds. The minimum absolute atomic E-state index is 0.0262. The number of halogens is 4. The lowest BCUT2D eigenvalue weighted by atomic mass is 10.3. The van der Waals surface area contributed by atoms with E-state index in [2.05, 4.69) is 15.3 Å². The first-order valence-corrected chi connectivity index (χ1v) is 7.93. The van der Waals surface area contributed by atoms with Crippen molar-refractivity contribution < 1.29 is 17.9 Å². The molecule has 1 fully saturated rings. The summed E-state index contributed by atoms with van der Waals surface area (Å²) in [4.78, 5) is 7.66. The molecule has 0 aliphatic heterocycles. The predicted octanol–water partition coefficient (Wildman–Crippen LogP) is 5.21. The third-order valence-corrected chi connectivity index (χ3v) is 3.96. The smallest absolute Gasteiger partial charge is 0.423 e. The number of nitrogens with one attached hydrogen (secondary N) is 1. The Bertz CT molecular complexity index is 718. The van der Waals surface area contributed by atoms with Crippen LogP contribution in [0.15, 0.2) is 30.5 Å². The molecule has 0 atom stereocenters. The Kier molecular flexibility index (Phi) is 4.80. The lowest BCUT2D eigenvalue weighted by Gasteiger charge is -2.17. The van der Waals surface area contributed by atoms with Gasteiger partial charge in [0, 0.05) is 16.9 Å². The maximum absolute atomic E-state index is 13.1. The highest BCUT2D eigenvalue weighted by molar-refractivity contribution is 6.30. The molecule has 0 bridgehead atoms. The molecule has 24 heavy (non-hydrogen) atoms. The molecular formula is C16H15ClF3N3O. The molecule has 3 rings (SSSR count). The van der Waals surface area contributed by atoms with E-state index in [9.17, 15) is 13.2 Å². The van der Waals surface area contributed by atoms with Crippen LogP contribution in [0.25, 0.3) is 0 Å². The van der Waals surface area contributed by atoms with Gasteiger partial charge >= 0.3 is 6.18 Å². The van der Waals surface area contributed by atoms with Crippen LogP contribution >= 0.6 is 11.6 Å². The van der Waals surface area contributed by atoms with Gasteiger partial charge in [-0.2, -0.15) is 18.2 Å². The standard InChI is InChI=1S/C16H15ClF3N3O/c17-10-4-3-5-11(8-10)22-15-21-9-13(16(18,19)20)14(23-15)24-12-6-1-2-7-12/h3-5,8-9,12H,1-2,6-7H2,(H,21,22,23). The Morgan fingerprint density at radius 1 is 1.21 bits per heavy atom. The number of nitrogens with zero attached hydrogens (tertiary/aromatic N) is 2. The first-order valence-electron chi connectivity index (χ1n) is 7.55. The van der Waals surface area contributed by atoms with Crippen molar-refractivity contribution in [1.82, 2.24) is 9.97 Å². The van der Waals surface area contributed by atoms with Crippen LogP contribution < -0.4 is 10.1 Å². The summed E-state index contributed by atoms with van der Waals surface area (Å²) in [5.41, 5.74) is -0.389. The normalized spacial score (nSPS) is 15.5. The number of anilines is 2. The largest absolute Gasteiger partial charge is 0.474 e. The van der Waals surface area contributed by atoms with Crippen molar-refractivity contribution in [2.75, 3.05) is 5.32 Å². The lowest BCUT2D eigenvalue weighted by molar-refractivity contribution is -0.139. The van der Waals surface area contributed by atoms with Crippen molar-refractivity contribution in [3.05, 3.63) is 41.0 Å². The third kappa shape index (κ3) is 4.08. The van der Waals surface area contributed by atoms with Crippen molar-refractivity contribution in [2.45, 2.75) is 38.0 Å². The van der Waals surface area contributed by atoms with Gasteiger partial charge in [-0.05, 0) is 43.9 Å². The summed E-state index contributed by atoms with van der Waals surface area (Å²) in [5.74, 6) is -0.410. The number of alkyl halides is 3. The molecule has 4 nitrogen and oxygen atoms in total. The van der Waals surface area contributed by atoms with Crippen LogP contribution in [0.2, 0.25) is 5.02 Å². The lowest BCUT2D eigenvalue weighted by Crippen LogP contribution is -2.17. The first kappa shape index (κ1) is 16.8. The third-order valence-electron chi connectivity index (χ3n) is 3.72. The molecular weight excluding hydrogens is 343 g/mol. The molecule has 1 saturated carbocycles. The van der Waals surface area contributed by atoms with E-state index >= 15 is 0 Å². The summed E-state index contributed by atoms with van der Waals surface area (Å²) >= 11 is 5.89. The Balaban J connectivity index is 1.88. The zero-order valence-electron chi connectivity index (χ0n) is 12.6. The van der Waals surface area contributed by atoms with Crippen LogP contribution in [0.3, 0.4) is 0 Å². The SMILES string of the molecule is FC(F)(F)c1cnc(Nc2cccc(Cl)c2)nc1OC1CCCC1. The minimum atomic E-state index is -4.57. The van der Waals surface area contributed by atoms with Gasteiger partial charge in [0.25, 0.3) is 0 Å². The van der Waals surface area contributed by atoms with Gasteiger partial charge in [-0.1, -0.05) is 17.7 Å².